The third-order valence-electron chi connectivity index (χ3n) is 3.48. The van der Waals surface area contributed by atoms with Crippen molar-refractivity contribution in [3.63, 3.8) is 0 Å². The van der Waals surface area contributed by atoms with Gasteiger partial charge < -0.3 is 16.0 Å². The van der Waals surface area contributed by atoms with E-state index in [1.165, 1.54) is 12.1 Å². The van der Waals surface area contributed by atoms with Gasteiger partial charge in [-0.25, -0.2) is 4.39 Å². The second-order valence-electron chi connectivity index (χ2n) is 5.28. The van der Waals surface area contributed by atoms with Crippen molar-refractivity contribution in [1.82, 2.24) is 16.0 Å². The summed E-state index contributed by atoms with van der Waals surface area (Å²) in [6.07, 6.45) is 6.29. The molecule has 0 atom stereocenters. The summed E-state index contributed by atoms with van der Waals surface area (Å²) in [5, 5.41) is 9.20. The Hall–Kier alpha value is -2.37. The Morgan fingerprint density at radius 1 is 1.26 bits per heavy atom. The minimum atomic E-state index is -0.516. The van der Waals surface area contributed by atoms with Gasteiger partial charge in [0.05, 0.1) is 12.1 Å². The lowest BCUT2D eigenvalue weighted by molar-refractivity contribution is 0.0951. The highest BCUT2D eigenvalue weighted by molar-refractivity contribution is 5.94. The molecule has 3 N–H and O–H groups in total. The maximum absolute atomic E-state index is 13.5. The van der Waals surface area contributed by atoms with Gasteiger partial charge in [-0.1, -0.05) is 24.3 Å². The van der Waals surface area contributed by atoms with Crippen molar-refractivity contribution >= 4 is 11.9 Å². The molecule has 0 heterocycles. The zero-order valence-electron chi connectivity index (χ0n) is 13.3. The van der Waals surface area contributed by atoms with E-state index in [1.54, 1.807) is 12.1 Å². The fraction of sp³-hybridized carbons (Fsp3) is 0.412. The molecule has 0 saturated heterocycles. The van der Waals surface area contributed by atoms with E-state index < -0.39 is 11.7 Å². The fourth-order valence-corrected chi connectivity index (χ4v) is 2.33. The molecule has 1 aliphatic carbocycles. The predicted molar refractivity (Wildman–Crippen MR) is 90.0 cm³/mol. The van der Waals surface area contributed by atoms with Crippen molar-refractivity contribution < 1.29 is 9.18 Å². The number of guanidine groups is 1. The van der Waals surface area contributed by atoms with E-state index in [2.05, 4.69) is 33.1 Å². The molecule has 0 unspecified atom stereocenters. The smallest absolute Gasteiger partial charge is 0.254 e. The molecule has 0 aromatic heterocycles. The quantitative estimate of drug-likeness (QED) is 0.324. The zero-order valence-corrected chi connectivity index (χ0v) is 13.3. The van der Waals surface area contributed by atoms with Crippen molar-refractivity contribution in [2.75, 3.05) is 19.6 Å². The molecule has 1 aromatic rings. The number of hydrogen-bond donors (Lipinski definition) is 3. The first-order valence-electron chi connectivity index (χ1n) is 7.93. The number of carbonyl (C=O) groups is 1. The van der Waals surface area contributed by atoms with Crippen LogP contribution in [0, 0.1) is 5.82 Å². The molecule has 2 rings (SSSR count). The molecular formula is C17H23FN4O. The number of halogens is 1. The van der Waals surface area contributed by atoms with Gasteiger partial charge in [0.15, 0.2) is 5.96 Å². The van der Waals surface area contributed by atoms with Gasteiger partial charge in [-0.3, -0.25) is 9.79 Å². The molecule has 0 aliphatic heterocycles. The Morgan fingerprint density at radius 3 is 2.70 bits per heavy atom. The molecule has 0 saturated carbocycles. The molecule has 124 valence electrons. The number of nitrogens with one attached hydrogen (secondary N) is 3. The number of hydrogen-bond acceptors (Lipinski definition) is 2. The lowest BCUT2D eigenvalue weighted by atomic mass is 10.2. The summed E-state index contributed by atoms with van der Waals surface area (Å²) in [5.74, 6) is -0.199. The summed E-state index contributed by atoms with van der Waals surface area (Å²) in [7, 11) is 0. The lowest BCUT2D eigenvalue weighted by Gasteiger charge is -2.16. The SMILES string of the molecule is CCNC(=NCCNC(=O)c1ccccc1F)NC1CC=CC1. The fourth-order valence-electron chi connectivity index (χ4n) is 2.33. The summed E-state index contributed by atoms with van der Waals surface area (Å²) in [6.45, 7) is 3.56. The van der Waals surface area contributed by atoms with Crippen LogP contribution in [-0.2, 0) is 0 Å². The van der Waals surface area contributed by atoms with Crippen LogP contribution in [0.15, 0.2) is 41.4 Å². The second-order valence-corrected chi connectivity index (χ2v) is 5.28. The van der Waals surface area contributed by atoms with Crippen LogP contribution in [0.3, 0.4) is 0 Å². The van der Waals surface area contributed by atoms with Crippen LogP contribution in [0.1, 0.15) is 30.1 Å². The van der Waals surface area contributed by atoms with Crippen molar-refractivity contribution in [2.24, 2.45) is 4.99 Å². The largest absolute Gasteiger partial charge is 0.357 e. The number of aliphatic imine (C=N–C) groups is 1. The molecule has 0 bridgehead atoms. The second kappa shape index (κ2) is 8.92. The van der Waals surface area contributed by atoms with Crippen LogP contribution in [0.4, 0.5) is 4.39 Å². The maximum Gasteiger partial charge on any atom is 0.254 e. The molecule has 0 radical (unpaired) electrons. The molecule has 1 aliphatic rings. The minimum Gasteiger partial charge on any atom is -0.357 e. The number of carbonyl (C=O) groups excluding carboxylic acids is 1. The standard InChI is InChI=1S/C17H23FN4O/c1-2-19-17(22-13-7-3-4-8-13)21-12-11-20-16(23)14-9-5-6-10-15(14)18/h3-6,9-10,13H,2,7-8,11-12H2,1H3,(H,20,23)(H2,19,21,22). The van der Waals surface area contributed by atoms with E-state index >= 15 is 0 Å². The van der Waals surface area contributed by atoms with Gasteiger partial charge in [0, 0.05) is 19.1 Å². The summed E-state index contributed by atoms with van der Waals surface area (Å²) >= 11 is 0. The van der Waals surface area contributed by atoms with Crippen molar-refractivity contribution in [2.45, 2.75) is 25.8 Å². The molecule has 5 nitrogen and oxygen atoms in total. The summed E-state index contributed by atoms with van der Waals surface area (Å²) in [6, 6.07) is 6.31. The molecule has 1 amide bonds. The van der Waals surface area contributed by atoms with Crippen LogP contribution in [0.25, 0.3) is 0 Å². The van der Waals surface area contributed by atoms with Gasteiger partial charge in [0.25, 0.3) is 5.91 Å². The monoisotopic (exact) mass is 318 g/mol. The van der Waals surface area contributed by atoms with Crippen molar-refractivity contribution in [1.29, 1.82) is 0 Å². The van der Waals surface area contributed by atoms with Crippen molar-refractivity contribution in [3.05, 3.63) is 47.8 Å². The normalized spacial score (nSPS) is 14.8. The molecule has 0 spiro atoms. The molecule has 1 aromatic carbocycles. The maximum atomic E-state index is 13.5. The summed E-state index contributed by atoms with van der Waals surface area (Å²) in [4.78, 5) is 16.3. The van der Waals surface area contributed by atoms with Gasteiger partial charge in [0.1, 0.15) is 5.82 Å². The Bertz CT molecular complexity index is 578. The average Bonchev–Trinajstić information content (AvgIpc) is 3.05. The van der Waals surface area contributed by atoms with E-state index in [1.807, 2.05) is 6.92 Å². The Kier molecular flexibility index (Phi) is 6.59. The Labute approximate surface area is 136 Å². The summed E-state index contributed by atoms with van der Waals surface area (Å²) < 4.78 is 13.5. The van der Waals surface area contributed by atoms with Gasteiger partial charge in [-0.05, 0) is 31.9 Å². The predicted octanol–water partition coefficient (Wildman–Crippen LogP) is 1.83. The zero-order chi connectivity index (χ0) is 16.5. The van der Waals surface area contributed by atoms with Gasteiger partial charge in [-0.15, -0.1) is 0 Å². The van der Waals surface area contributed by atoms with Gasteiger partial charge >= 0.3 is 0 Å². The van der Waals surface area contributed by atoms with E-state index in [4.69, 9.17) is 0 Å². The number of nitrogens with zero attached hydrogens (tertiary/aromatic N) is 1. The van der Waals surface area contributed by atoms with E-state index in [-0.39, 0.29) is 5.56 Å². The Balaban J connectivity index is 1.79. The third-order valence-corrected chi connectivity index (χ3v) is 3.48. The number of rotatable bonds is 6. The lowest BCUT2D eigenvalue weighted by Crippen LogP contribution is -2.43. The first kappa shape index (κ1) is 17.0. The average molecular weight is 318 g/mol. The number of amides is 1. The van der Waals surface area contributed by atoms with Gasteiger partial charge in [0.2, 0.25) is 0 Å². The van der Waals surface area contributed by atoms with Crippen LogP contribution in [0.5, 0.6) is 0 Å². The molecule has 0 fully saturated rings. The highest BCUT2D eigenvalue weighted by Crippen LogP contribution is 2.08. The highest BCUT2D eigenvalue weighted by atomic mass is 19.1. The number of benzene rings is 1. The minimum absolute atomic E-state index is 0.0542. The molecule has 23 heavy (non-hydrogen) atoms. The van der Waals surface area contributed by atoms with Crippen molar-refractivity contribution in [3.8, 4) is 0 Å². The van der Waals surface area contributed by atoms with Crippen LogP contribution in [-0.4, -0.2) is 37.5 Å². The van der Waals surface area contributed by atoms with Crippen LogP contribution < -0.4 is 16.0 Å². The molecular weight excluding hydrogens is 295 g/mol. The summed E-state index contributed by atoms with van der Waals surface area (Å²) in [5.41, 5.74) is 0.0542. The first-order chi connectivity index (χ1) is 11.2. The Morgan fingerprint density at radius 2 is 2.00 bits per heavy atom. The van der Waals surface area contributed by atoms with E-state index in [9.17, 15) is 9.18 Å². The van der Waals surface area contributed by atoms with Gasteiger partial charge in [-0.2, -0.15) is 0 Å². The molecule has 6 heteroatoms. The van der Waals surface area contributed by atoms with Crippen LogP contribution in [0.2, 0.25) is 0 Å². The van der Waals surface area contributed by atoms with E-state index in [0.717, 1.165) is 25.3 Å². The van der Waals surface area contributed by atoms with E-state index in [0.29, 0.717) is 19.1 Å². The first-order valence-corrected chi connectivity index (χ1v) is 7.93. The van der Waals surface area contributed by atoms with Crippen LogP contribution >= 0.6 is 0 Å². The topological polar surface area (TPSA) is 65.5 Å². The highest BCUT2D eigenvalue weighted by Gasteiger charge is 2.12. The third kappa shape index (κ3) is 5.39.